The maximum absolute atomic E-state index is 13.3. The molecule has 136 valence electrons. The van der Waals surface area contributed by atoms with Gasteiger partial charge in [-0.05, 0) is 17.5 Å². The van der Waals surface area contributed by atoms with Gasteiger partial charge >= 0.3 is 6.18 Å². The number of H-pyrrole nitrogens is 1. The van der Waals surface area contributed by atoms with Gasteiger partial charge in [0.2, 0.25) is 0 Å². The van der Waals surface area contributed by atoms with Crippen LogP contribution in [0.3, 0.4) is 0 Å². The Morgan fingerprint density at radius 1 is 0.923 bits per heavy atom. The molecule has 0 aliphatic rings. The smallest absolute Gasteiger partial charge is 0.356 e. The average Bonchev–Trinajstić information content (AvgIpc) is 3.09. The van der Waals surface area contributed by atoms with E-state index in [9.17, 15) is 13.2 Å². The van der Waals surface area contributed by atoms with E-state index in [0.29, 0.717) is 12.2 Å². The van der Waals surface area contributed by atoms with Crippen molar-refractivity contribution in [2.24, 2.45) is 0 Å². The van der Waals surface area contributed by atoms with Crippen LogP contribution in [0.4, 0.5) is 13.2 Å². The van der Waals surface area contributed by atoms with Crippen LogP contribution in [0.25, 0.3) is 0 Å². The van der Waals surface area contributed by atoms with Crippen molar-refractivity contribution in [2.75, 3.05) is 0 Å². The molecule has 0 bridgehead atoms. The largest absolute Gasteiger partial charge is 0.418 e. The Labute approximate surface area is 149 Å². The van der Waals surface area contributed by atoms with Gasteiger partial charge in [-0.2, -0.15) is 18.3 Å². The molecule has 1 heterocycles. The van der Waals surface area contributed by atoms with Crippen LogP contribution in [0.5, 0.6) is 0 Å². The summed E-state index contributed by atoms with van der Waals surface area (Å²) in [4.78, 5) is 4.21. The van der Waals surface area contributed by atoms with Gasteiger partial charge in [0.05, 0.1) is 0 Å². The molecule has 0 fully saturated rings. The lowest BCUT2D eigenvalue weighted by atomic mass is 10.1. The van der Waals surface area contributed by atoms with Crippen molar-refractivity contribution in [3.8, 4) is 0 Å². The first-order valence-electron chi connectivity index (χ1n) is 8.20. The summed E-state index contributed by atoms with van der Waals surface area (Å²) in [7, 11) is 0. The molecule has 0 radical (unpaired) electrons. The second-order valence-electron chi connectivity index (χ2n) is 5.83. The number of alkyl halides is 3. The number of benzene rings is 2. The Hall–Kier alpha value is -2.67. The van der Waals surface area contributed by atoms with Crippen LogP contribution in [0.15, 0.2) is 60.7 Å². The number of hydrogen-bond donors (Lipinski definition) is 1. The fraction of sp³-hybridized carbons (Fsp3) is 0.263. The van der Waals surface area contributed by atoms with E-state index in [2.05, 4.69) is 15.2 Å². The van der Waals surface area contributed by atoms with Gasteiger partial charge in [0.25, 0.3) is 0 Å². The molecule has 4 nitrogen and oxygen atoms in total. The molecule has 3 rings (SSSR count). The van der Waals surface area contributed by atoms with Gasteiger partial charge in [0.15, 0.2) is 17.8 Å². The highest BCUT2D eigenvalue weighted by atomic mass is 19.4. The van der Waals surface area contributed by atoms with Crippen LogP contribution >= 0.6 is 0 Å². The molecule has 1 N–H and O–H groups in total. The number of aromatic amines is 1. The van der Waals surface area contributed by atoms with Gasteiger partial charge in [-0.15, -0.1) is 0 Å². The molecule has 7 heteroatoms. The Kier molecular flexibility index (Phi) is 5.68. The summed E-state index contributed by atoms with van der Waals surface area (Å²) in [5, 5.41) is 6.69. The normalized spacial score (nSPS) is 12.9. The predicted molar refractivity (Wildman–Crippen MR) is 90.3 cm³/mol. The fourth-order valence-electron chi connectivity index (χ4n) is 2.58. The Morgan fingerprint density at radius 2 is 1.58 bits per heavy atom. The first kappa shape index (κ1) is 18.1. The average molecular weight is 361 g/mol. The number of ether oxygens (including phenoxy) is 1. The molecule has 26 heavy (non-hydrogen) atoms. The quantitative estimate of drug-likeness (QED) is 0.678. The zero-order valence-corrected chi connectivity index (χ0v) is 13.9. The van der Waals surface area contributed by atoms with E-state index in [1.807, 2.05) is 30.3 Å². The maximum atomic E-state index is 13.3. The van der Waals surface area contributed by atoms with Crippen molar-refractivity contribution < 1.29 is 17.9 Å². The first-order chi connectivity index (χ1) is 12.5. The van der Waals surface area contributed by atoms with E-state index in [0.717, 1.165) is 12.0 Å². The number of halogens is 3. The summed E-state index contributed by atoms with van der Waals surface area (Å²) >= 11 is 0. The summed E-state index contributed by atoms with van der Waals surface area (Å²) in [6, 6.07) is 17.4. The van der Waals surface area contributed by atoms with Crippen molar-refractivity contribution in [3.05, 3.63) is 83.4 Å². The number of rotatable bonds is 7. The Balaban J connectivity index is 1.59. The third-order valence-corrected chi connectivity index (χ3v) is 3.84. The molecule has 2 aromatic carbocycles. The van der Waals surface area contributed by atoms with Crippen LogP contribution in [0, 0.1) is 0 Å². The van der Waals surface area contributed by atoms with Gasteiger partial charge in [-0.25, -0.2) is 4.98 Å². The van der Waals surface area contributed by atoms with Crippen molar-refractivity contribution >= 4 is 0 Å². The summed E-state index contributed by atoms with van der Waals surface area (Å²) < 4.78 is 44.8. The number of aromatic nitrogens is 3. The molecule has 3 aromatic rings. The standard InChI is InChI=1S/C19H18F3N3O/c20-19(21,22)18(15-9-5-2-6-10-15)26-13-17-23-16(24-25-17)12-11-14-7-3-1-4-8-14/h1-10,18H,11-13H2,(H,23,24,25)/t18-/m0/s1. The van der Waals surface area contributed by atoms with E-state index < -0.39 is 12.3 Å². The topological polar surface area (TPSA) is 50.8 Å². The zero-order chi connectivity index (χ0) is 18.4. The summed E-state index contributed by atoms with van der Waals surface area (Å²) in [5.74, 6) is 0.828. The monoisotopic (exact) mass is 361 g/mol. The highest BCUT2D eigenvalue weighted by Gasteiger charge is 2.41. The van der Waals surface area contributed by atoms with Crippen molar-refractivity contribution in [1.29, 1.82) is 0 Å². The fourth-order valence-corrected chi connectivity index (χ4v) is 2.58. The van der Waals surface area contributed by atoms with E-state index >= 15 is 0 Å². The summed E-state index contributed by atoms with van der Waals surface area (Å²) in [6.07, 6.45) is -5.14. The Morgan fingerprint density at radius 3 is 2.23 bits per heavy atom. The predicted octanol–water partition coefficient (Wildman–Crippen LogP) is 4.41. The third-order valence-electron chi connectivity index (χ3n) is 3.84. The highest BCUT2D eigenvalue weighted by molar-refractivity contribution is 5.19. The molecular formula is C19H18F3N3O. The minimum atomic E-state index is -4.50. The Bertz CT molecular complexity index is 804. The maximum Gasteiger partial charge on any atom is 0.418 e. The molecule has 0 aliphatic carbocycles. The second kappa shape index (κ2) is 8.14. The van der Waals surface area contributed by atoms with Crippen LogP contribution in [-0.4, -0.2) is 21.4 Å². The van der Waals surface area contributed by atoms with Crippen molar-refractivity contribution in [2.45, 2.75) is 31.7 Å². The molecule has 1 aromatic heterocycles. The van der Waals surface area contributed by atoms with Gasteiger partial charge < -0.3 is 4.74 Å². The van der Waals surface area contributed by atoms with Crippen LogP contribution in [0.1, 0.15) is 28.9 Å². The lowest BCUT2D eigenvalue weighted by Gasteiger charge is -2.20. The van der Waals surface area contributed by atoms with Crippen LogP contribution in [0.2, 0.25) is 0 Å². The second-order valence-corrected chi connectivity index (χ2v) is 5.83. The van der Waals surface area contributed by atoms with E-state index in [4.69, 9.17) is 4.74 Å². The summed E-state index contributed by atoms with van der Waals surface area (Å²) in [5.41, 5.74) is 1.21. The van der Waals surface area contributed by atoms with Crippen molar-refractivity contribution in [3.63, 3.8) is 0 Å². The first-order valence-corrected chi connectivity index (χ1v) is 8.20. The molecule has 1 atom stereocenters. The number of nitrogens with zero attached hydrogens (tertiary/aromatic N) is 2. The molecule has 0 saturated carbocycles. The van der Waals surface area contributed by atoms with Crippen LogP contribution in [-0.2, 0) is 24.2 Å². The van der Waals surface area contributed by atoms with E-state index in [1.54, 1.807) is 18.2 Å². The minimum Gasteiger partial charge on any atom is -0.356 e. The van der Waals surface area contributed by atoms with Crippen LogP contribution < -0.4 is 0 Å². The highest BCUT2D eigenvalue weighted by Crippen LogP contribution is 2.36. The molecule has 0 spiro atoms. The van der Waals surface area contributed by atoms with Gasteiger partial charge in [-0.3, -0.25) is 5.10 Å². The molecule has 0 saturated heterocycles. The number of nitrogens with one attached hydrogen (secondary N) is 1. The number of aryl methyl sites for hydroxylation is 2. The molecule has 0 unspecified atom stereocenters. The SMILES string of the molecule is FC(F)(F)[C@@H](OCc1nc(CCc2ccccc2)n[nH]1)c1ccccc1. The number of hydrogen-bond acceptors (Lipinski definition) is 3. The van der Waals surface area contributed by atoms with E-state index in [-0.39, 0.29) is 18.0 Å². The molecular weight excluding hydrogens is 343 g/mol. The lowest BCUT2D eigenvalue weighted by Crippen LogP contribution is -2.23. The van der Waals surface area contributed by atoms with Crippen molar-refractivity contribution in [1.82, 2.24) is 15.2 Å². The molecule has 0 amide bonds. The van der Waals surface area contributed by atoms with Gasteiger partial charge in [-0.1, -0.05) is 60.7 Å². The lowest BCUT2D eigenvalue weighted by molar-refractivity contribution is -0.227. The molecule has 0 aliphatic heterocycles. The van der Waals surface area contributed by atoms with E-state index in [1.165, 1.54) is 12.1 Å². The van der Waals surface area contributed by atoms with Gasteiger partial charge in [0, 0.05) is 6.42 Å². The van der Waals surface area contributed by atoms with Gasteiger partial charge in [0.1, 0.15) is 6.61 Å². The minimum absolute atomic E-state index is 0.0591. The third kappa shape index (κ3) is 4.92. The zero-order valence-electron chi connectivity index (χ0n) is 13.9. The summed E-state index contributed by atoms with van der Waals surface area (Å²) in [6.45, 7) is -0.294.